The molecule has 4 aromatic rings. The second-order valence-electron chi connectivity index (χ2n) is 11.9. The highest BCUT2D eigenvalue weighted by atomic mass is 35.5. The third-order valence-electron chi connectivity index (χ3n) is 9.06. The monoisotopic (exact) mass is 693 g/mol. The normalized spacial score (nSPS) is 14.9. The summed E-state index contributed by atoms with van der Waals surface area (Å²) in [5.41, 5.74) is 7.75. The molecule has 2 N–H and O–H groups in total. The van der Waals surface area contributed by atoms with Gasteiger partial charge in [-0.05, 0) is 78.7 Å². The lowest BCUT2D eigenvalue weighted by Gasteiger charge is -2.33. The highest BCUT2D eigenvalue weighted by Crippen LogP contribution is 2.37. The van der Waals surface area contributed by atoms with Crippen molar-refractivity contribution in [3.05, 3.63) is 104 Å². The number of carbonyl (C=O) groups is 1. The summed E-state index contributed by atoms with van der Waals surface area (Å²) >= 11 is 13.1. The van der Waals surface area contributed by atoms with Gasteiger partial charge in [-0.2, -0.15) is 0 Å². The number of nitrogens with zero attached hydrogens (tertiary/aromatic N) is 1. The van der Waals surface area contributed by atoms with Crippen LogP contribution in [0, 0.1) is 13.8 Å². The lowest BCUT2D eigenvalue weighted by molar-refractivity contribution is -0.144. The summed E-state index contributed by atoms with van der Waals surface area (Å²) in [7, 11) is 3.13. The number of ether oxygens (including phenoxy) is 4. The summed E-state index contributed by atoms with van der Waals surface area (Å²) in [6.07, 6.45) is 2.50. The molecule has 10 heteroatoms. The maximum absolute atomic E-state index is 11.8. The Bertz CT molecular complexity index is 1780. The first-order valence-corrected chi connectivity index (χ1v) is 16.6. The standard InChI is InChI=1S/C38H41Cl2NO7/c1-23-25(21-47-36-17-34(45-3)27(15-31(36)39)19-41-14-6-5-13-33(41)38(43)44)9-7-11-29(23)30-12-8-10-26(24(30)2)22-48-37-18-35(46-4)28(20-42)16-32(37)40/h7-12,15-18,33,42H,5-6,13-14,19-22H2,1-4H3,(H,43,44). The van der Waals surface area contributed by atoms with Crippen molar-refractivity contribution < 1.29 is 34.0 Å². The molecular formula is C38H41Cl2NO7. The predicted octanol–water partition coefficient (Wildman–Crippen LogP) is 8.38. The Balaban J connectivity index is 1.32. The summed E-state index contributed by atoms with van der Waals surface area (Å²) in [6, 6.07) is 18.7. The van der Waals surface area contributed by atoms with Crippen LogP contribution < -0.4 is 18.9 Å². The largest absolute Gasteiger partial charge is 0.496 e. The van der Waals surface area contributed by atoms with Crippen molar-refractivity contribution in [2.24, 2.45) is 0 Å². The minimum absolute atomic E-state index is 0.184. The van der Waals surface area contributed by atoms with Gasteiger partial charge in [0.1, 0.15) is 42.3 Å². The molecule has 1 aliphatic rings. The number of carboxylic acid groups (broad SMARTS) is 1. The molecule has 1 atom stereocenters. The highest BCUT2D eigenvalue weighted by Gasteiger charge is 2.29. The minimum Gasteiger partial charge on any atom is -0.496 e. The molecule has 5 rings (SSSR count). The fraction of sp³-hybridized carbons (Fsp3) is 0.342. The van der Waals surface area contributed by atoms with Crippen molar-refractivity contribution in [1.29, 1.82) is 0 Å². The van der Waals surface area contributed by atoms with Crippen molar-refractivity contribution in [2.45, 2.75) is 65.5 Å². The van der Waals surface area contributed by atoms with E-state index in [0.717, 1.165) is 51.8 Å². The van der Waals surface area contributed by atoms with E-state index in [9.17, 15) is 15.0 Å². The van der Waals surface area contributed by atoms with Crippen LogP contribution >= 0.6 is 23.2 Å². The molecule has 0 spiro atoms. The second-order valence-corrected chi connectivity index (χ2v) is 12.7. The zero-order valence-electron chi connectivity index (χ0n) is 27.6. The molecule has 8 nitrogen and oxygen atoms in total. The number of rotatable bonds is 13. The average Bonchev–Trinajstić information content (AvgIpc) is 3.08. The van der Waals surface area contributed by atoms with Gasteiger partial charge in [0.15, 0.2) is 0 Å². The van der Waals surface area contributed by atoms with E-state index in [2.05, 4.69) is 26.0 Å². The number of carboxylic acids is 1. The maximum atomic E-state index is 11.8. The fourth-order valence-corrected chi connectivity index (χ4v) is 6.73. The van der Waals surface area contributed by atoms with E-state index in [1.165, 1.54) is 0 Å². The van der Waals surface area contributed by atoms with Crippen molar-refractivity contribution in [1.82, 2.24) is 4.90 Å². The van der Waals surface area contributed by atoms with Crippen molar-refractivity contribution in [3.8, 4) is 34.1 Å². The molecule has 254 valence electrons. The molecule has 0 bridgehead atoms. The Morgan fingerprint density at radius 2 is 1.29 bits per heavy atom. The van der Waals surface area contributed by atoms with E-state index >= 15 is 0 Å². The average molecular weight is 695 g/mol. The van der Waals surface area contributed by atoms with Gasteiger partial charge in [-0.3, -0.25) is 9.69 Å². The quantitative estimate of drug-likeness (QED) is 0.144. The van der Waals surface area contributed by atoms with Crippen LogP contribution in [0.5, 0.6) is 23.0 Å². The van der Waals surface area contributed by atoms with Gasteiger partial charge in [0.25, 0.3) is 0 Å². The SMILES string of the molecule is COc1cc(OCc2cccc(-c3cccc(COc4cc(OC)c(CN5CCCCC5C(=O)O)cc4Cl)c3C)c2C)c(Cl)cc1CO. The Hall–Kier alpha value is -3.95. The predicted molar refractivity (Wildman–Crippen MR) is 188 cm³/mol. The molecular weight excluding hydrogens is 653 g/mol. The number of hydrogen-bond acceptors (Lipinski definition) is 7. The molecule has 4 aromatic carbocycles. The third-order valence-corrected chi connectivity index (χ3v) is 9.65. The van der Waals surface area contributed by atoms with E-state index < -0.39 is 12.0 Å². The number of likely N-dealkylation sites (tertiary alicyclic amines) is 1. The van der Waals surface area contributed by atoms with Gasteiger partial charge < -0.3 is 29.2 Å². The van der Waals surface area contributed by atoms with Gasteiger partial charge in [-0.15, -0.1) is 0 Å². The number of hydrogen-bond donors (Lipinski definition) is 2. The molecule has 1 unspecified atom stereocenters. The lowest BCUT2D eigenvalue weighted by atomic mass is 9.92. The number of aliphatic carboxylic acids is 1. The van der Waals surface area contributed by atoms with E-state index in [1.807, 2.05) is 35.2 Å². The van der Waals surface area contributed by atoms with Crippen LogP contribution in [0.2, 0.25) is 10.0 Å². The lowest BCUT2D eigenvalue weighted by Crippen LogP contribution is -2.44. The minimum atomic E-state index is -0.802. The van der Waals surface area contributed by atoms with Crippen molar-refractivity contribution in [2.75, 3.05) is 20.8 Å². The Morgan fingerprint density at radius 3 is 1.79 bits per heavy atom. The number of methoxy groups -OCH3 is 2. The number of piperidine rings is 1. The summed E-state index contributed by atoms with van der Waals surface area (Å²) < 4.78 is 23.4. The van der Waals surface area contributed by atoms with Crippen LogP contribution in [-0.4, -0.2) is 47.9 Å². The maximum Gasteiger partial charge on any atom is 0.320 e. The Kier molecular flexibility index (Phi) is 11.8. The first-order chi connectivity index (χ1) is 23.1. The summed E-state index contributed by atoms with van der Waals surface area (Å²) in [5, 5.41) is 20.1. The molecule has 1 saturated heterocycles. The topological polar surface area (TPSA) is 97.7 Å². The third kappa shape index (κ3) is 7.84. The summed E-state index contributed by atoms with van der Waals surface area (Å²) in [4.78, 5) is 13.8. The zero-order valence-corrected chi connectivity index (χ0v) is 29.2. The van der Waals surface area contributed by atoms with Gasteiger partial charge >= 0.3 is 5.97 Å². The van der Waals surface area contributed by atoms with Crippen LogP contribution in [0.25, 0.3) is 11.1 Å². The highest BCUT2D eigenvalue weighted by molar-refractivity contribution is 6.32. The van der Waals surface area contributed by atoms with Gasteiger partial charge in [-0.1, -0.05) is 66.0 Å². The number of aliphatic hydroxyl groups is 1. The van der Waals surface area contributed by atoms with Crippen LogP contribution in [-0.2, 0) is 31.2 Å². The zero-order chi connectivity index (χ0) is 34.4. The Labute approximate surface area is 291 Å². The number of halogens is 2. The first-order valence-electron chi connectivity index (χ1n) is 15.9. The van der Waals surface area contributed by atoms with Crippen LogP contribution in [0.1, 0.15) is 52.6 Å². The Morgan fingerprint density at radius 1 is 0.771 bits per heavy atom. The molecule has 0 aromatic heterocycles. The second kappa shape index (κ2) is 16.0. The molecule has 1 fully saturated rings. The van der Waals surface area contributed by atoms with Crippen LogP contribution in [0.3, 0.4) is 0 Å². The first kappa shape index (κ1) is 35.4. The van der Waals surface area contributed by atoms with Gasteiger partial charge in [0, 0.05) is 29.8 Å². The molecule has 1 aliphatic heterocycles. The van der Waals surface area contributed by atoms with Crippen LogP contribution in [0.4, 0.5) is 0 Å². The molecule has 0 radical (unpaired) electrons. The van der Waals surface area contributed by atoms with E-state index in [0.29, 0.717) is 71.3 Å². The summed E-state index contributed by atoms with van der Waals surface area (Å²) in [6.45, 7) is 5.70. The van der Waals surface area contributed by atoms with Crippen molar-refractivity contribution in [3.63, 3.8) is 0 Å². The van der Waals surface area contributed by atoms with Gasteiger partial charge in [0.2, 0.25) is 0 Å². The summed E-state index contributed by atoms with van der Waals surface area (Å²) in [5.74, 6) is 1.29. The fourth-order valence-electron chi connectivity index (χ4n) is 6.25. The van der Waals surface area contributed by atoms with Crippen molar-refractivity contribution >= 4 is 29.2 Å². The molecule has 1 heterocycles. The van der Waals surface area contributed by atoms with E-state index in [-0.39, 0.29) is 6.61 Å². The molecule has 48 heavy (non-hydrogen) atoms. The molecule has 0 amide bonds. The van der Waals surface area contributed by atoms with E-state index in [1.54, 1.807) is 32.4 Å². The van der Waals surface area contributed by atoms with Crippen LogP contribution in [0.15, 0.2) is 60.7 Å². The molecule has 0 saturated carbocycles. The van der Waals surface area contributed by atoms with E-state index in [4.69, 9.17) is 42.1 Å². The van der Waals surface area contributed by atoms with Gasteiger partial charge in [0.05, 0.1) is 30.9 Å². The molecule has 0 aliphatic carbocycles. The number of benzene rings is 4. The number of aliphatic hydroxyl groups excluding tert-OH is 1. The smallest absolute Gasteiger partial charge is 0.320 e. The van der Waals surface area contributed by atoms with Gasteiger partial charge in [-0.25, -0.2) is 0 Å².